The predicted octanol–water partition coefficient (Wildman–Crippen LogP) is 4.31. The molecule has 0 saturated carbocycles. The summed E-state index contributed by atoms with van der Waals surface area (Å²) in [5, 5.41) is 13.0. The van der Waals surface area contributed by atoms with Crippen LogP contribution in [0.5, 0.6) is 5.75 Å². The molecule has 1 aliphatic rings. The number of halogens is 1. The van der Waals surface area contributed by atoms with E-state index in [4.69, 9.17) is 4.74 Å². The van der Waals surface area contributed by atoms with Crippen LogP contribution in [-0.4, -0.2) is 28.4 Å². The number of thiazole rings is 1. The molecule has 2 aromatic carbocycles. The van der Waals surface area contributed by atoms with Gasteiger partial charge in [-0.25, -0.2) is 9.37 Å². The Bertz CT molecular complexity index is 1130. The third-order valence-electron chi connectivity index (χ3n) is 4.67. The van der Waals surface area contributed by atoms with Crippen LogP contribution in [0.25, 0.3) is 5.76 Å². The number of hydrogen-bond acceptors (Lipinski definition) is 6. The molecule has 1 aromatic heterocycles. The Morgan fingerprint density at radius 3 is 2.67 bits per heavy atom. The molecular formula is C22H17FN2O4S. The number of ketones is 1. The summed E-state index contributed by atoms with van der Waals surface area (Å²) in [6, 6.07) is 11.2. The topological polar surface area (TPSA) is 79.7 Å². The number of aliphatic hydroxyl groups is 1. The van der Waals surface area contributed by atoms with Gasteiger partial charge in [-0.3, -0.25) is 14.5 Å². The lowest BCUT2D eigenvalue weighted by molar-refractivity contribution is -0.132. The van der Waals surface area contributed by atoms with Gasteiger partial charge in [0.1, 0.15) is 17.3 Å². The van der Waals surface area contributed by atoms with Crippen LogP contribution in [-0.2, 0) is 9.59 Å². The van der Waals surface area contributed by atoms with Crippen LogP contribution in [0.15, 0.2) is 65.7 Å². The van der Waals surface area contributed by atoms with Crippen LogP contribution >= 0.6 is 11.3 Å². The van der Waals surface area contributed by atoms with E-state index in [1.54, 1.807) is 29.6 Å². The smallest absolute Gasteiger partial charge is 0.301 e. The zero-order valence-corrected chi connectivity index (χ0v) is 16.7. The van der Waals surface area contributed by atoms with Crippen LogP contribution in [0.1, 0.15) is 24.1 Å². The van der Waals surface area contributed by atoms with Crippen molar-refractivity contribution in [1.29, 1.82) is 0 Å². The van der Waals surface area contributed by atoms with Gasteiger partial charge in [0.05, 0.1) is 18.2 Å². The van der Waals surface area contributed by atoms with Crippen molar-refractivity contribution in [3.63, 3.8) is 0 Å². The fourth-order valence-corrected chi connectivity index (χ4v) is 4.05. The summed E-state index contributed by atoms with van der Waals surface area (Å²) in [6.45, 7) is 2.30. The lowest BCUT2D eigenvalue weighted by Crippen LogP contribution is -2.29. The molecule has 0 spiro atoms. The normalized spacial score (nSPS) is 18.1. The highest BCUT2D eigenvalue weighted by Gasteiger charge is 2.48. The fraction of sp³-hybridized carbons (Fsp3) is 0.136. The SMILES string of the molecule is CCOc1cccc(C2/C(=C(\O)c3ccc(F)cc3)C(=O)C(=O)N2c2nccs2)c1. The van der Waals surface area contributed by atoms with E-state index in [-0.39, 0.29) is 16.9 Å². The molecule has 152 valence electrons. The summed E-state index contributed by atoms with van der Waals surface area (Å²) >= 11 is 1.21. The van der Waals surface area contributed by atoms with E-state index in [0.29, 0.717) is 23.1 Å². The lowest BCUT2D eigenvalue weighted by atomic mass is 9.95. The van der Waals surface area contributed by atoms with Gasteiger partial charge in [0.25, 0.3) is 5.78 Å². The van der Waals surface area contributed by atoms with E-state index in [0.717, 1.165) is 0 Å². The third kappa shape index (κ3) is 3.46. The maximum Gasteiger partial charge on any atom is 0.301 e. The highest BCUT2D eigenvalue weighted by Crippen LogP contribution is 2.43. The van der Waals surface area contributed by atoms with E-state index in [2.05, 4.69) is 4.98 Å². The zero-order valence-electron chi connectivity index (χ0n) is 15.9. The second-order valence-corrected chi connectivity index (χ2v) is 7.37. The van der Waals surface area contributed by atoms with Crippen LogP contribution < -0.4 is 9.64 Å². The Labute approximate surface area is 175 Å². The Morgan fingerprint density at radius 1 is 1.23 bits per heavy atom. The van der Waals surface area contributed by atoms with Crippen LogP contribution in [0.4, 0.5) is 9.52 Å². The van der Waals surface area contributed by atoms with E-state index in [1.165, 1.54) is 46.7 Å². The van der Waals surface area contributed by atoms with Crippen molar-refractivity contribution in [2.45, 2.75) is 13.0 Å². The van der Waals surface area contributed by atoms with Crippen LogP contribution in [0.2, 0.25) is 0 Å². The molecule has 1 aliphatic heterocycles. The minimum Gasteiger partial charge on any atom is -0.507 e. The van der Waals surface area contributed by atoms with Crippen molar-refractivity contribution in [2.75, 3.05) is 11.5 Å². The number of nitrogens with zero attached hydrogens (tertiary/aromatic N) is 2. The number of Topliss-reactive ketones (excluding diaryl/α,β-unsaturated/α-hetero) is 1. The molecule has 2 heterocycles. The van der Waals surface area contributed by atoms with Gasteiger partial charge >= 0.3 is 5.91 Å². The highest BCUT2D eigenvalue weighted by atomic mass is 32.1. The summed E-state index contributed by atoms with van der Waals surface area (Å²) in [6.07, 6.45) is 1.53. The lowest BCUT2D eigenvalue weighted by Gasteiger charge is -2.23. The Balaban J connectivity index is 1.92. The van der Waals surface area contributed by atoms with Gasteiger partial charge < -0.3 is 9.84 Å². The molecule has 0 aliphatic carbocycles. The molecule has 30 heavy (non-hydrogen) atoms. The Kier molecular flexibility index (Phi) is 5.33. The van der Waals surface area contributed by atoms with E-state index >= 15 is 0 Å². The van der Waals surface area contributed by atoms with Crippen LogP contribution in [0.3, 0.4) is 0 Å². The number of ether oxygens (including phenoxy) is 1. The molecule has 0 radical (unpaired) electrons. The van der Waals surface area contributed by atoms with Gasteiger partial charge in [-0.05, 0) is 48.9 Å². The summed E-state index contributed by atoms with van der Waals surface area (Å²) < 4.78 is 18.9. The monoisotopic (exact) mass is 424 g/mol. The highest BCUT2D eigenvalue weighted by molar-refractivity contribution is 7.14. The number of hydrogen-bond donors (Lipinski definition) is 1. The molecule has 1 amide bonds. The average Bonchev–Trinajstić information content (AvgIpc) is 3.36. The number of rotatable bonds is 5. The van der Waals surface area contributed by atoms with Gasteiger partial charge in [0.2, 0.25) is 0 Å². The second kappa shape index (κ2) is 8.08. The minimum atomic E-state index is -0.901. The summed E-state index contributed by atoms with van der Waals surface area (Å²) in [4.78, 5) is 31.3. The first-order valence-electron chi connectivity index (χ1n) is 9.20. The number of carbonyl (C=O) groups is 2. The van der Waals surface area contributed by atoms with E-state index in [1.807, 2.05) is 6.92 Å². The number of aliphatic hydroxyl groups excluding tert-OH is 1. The van der Waals surface area contributed by atoms with E-state index in [9.17, 15) is 19.1 Å². The molecule has 1 atom stereocenters. The van der Waals surface area contributed by atoms with Crippen molar-refractivity contribution in [3.05, 3.63) is 82.6 Å². The molecule has 1 unspecified atom stereocenters. The second-order valence-electron chi connectivity index (χ2n) is 6.50. The number of aromatic nitrogens is 1. The Hall–Kier alpha value is -3.52. The quantitative estimate of drug-likeness (QED) is 0.375. The van der Waals surface area contributed by atoms with Crippen molar-refractivity contribution in [1.82, 2.24) is 4.98 Å². The maximum absolute atomic E-state index is 13.3. The zero-order chi connectivity index (χ0) is 21.3. The molecule has 1 fully saturated rings. The summed E-state index contributed by atoms with van der Waals surface area (Å²) in [5.41, 5.74) is 0.731. The van der Waals surface area contributed by atoms with Crippen molar-refractivity contribution >= 4 is 33.9 Å². The Morgan fingerprint density at radius 2 is 2.00 bits per heavy atom. The number of anilines is 1. The van der Waals surface area contributed by atoms with Gasteiger partial charge in [-0.15, -0.1) is 11.3 Å². The standard InChI is InChI=1S/C22H17FN2O4S/c1-2-29-16-5-3-4-14(12-16)18-17(19(26)13-6-8-15(23)9-7-13)20(27)21(28)25(18)22-24-10-11-30-22/h3-12,18,26H,2H2,1H3/b19-17+. The minimum absolute atomic E-state index is 0.0875. The number of carbonyl (C=O) groups excluding carboxylic acids is 2. The van der Waals surface area contributed by atoms with Gasteiger partial charge in [-0.1, -0.05) is 12.1 Å². The van der Waals surface area contributed by atoms with Gasteiger partial charge in [-0.2, -0.15) is 0 Å². The predicted molar refractivity (Wildman–Crippen MR) is 111 cm³/mol. The molecule has 6 nitrogen and oxygen atoms in total. The van der Waals surface area contributed by atoms with Gasteiger partial charge in [0, 0.05) is 17.1 Å². The number of amides is 1. The largest absolute Gasteiger partial charge is 0.507 e. The average molecular weight is 424 g/mol. The number of benzene rings is 2. The first kappa shape index (κ1) is 19.8. The molecule has 3 aromatic rings. The van der Waals surface area contributed by atoms with Crippen LogP contribution in [0, 0.1) is 5.82 Å². The maximum atomic E-state index is 13.3. The van der Waals surface area contributed by atoms with Crippen molar-refractivity contribution < 1.29 is 23.8 Å². The molecule has 1 saturated heterocycles. The van der Waals surface area contributed by atoms with E-state index < -0.39 is 23.5 Å². The first-order valence-corrected chi connectivity index (χ1v) is 10.1. The summed E-state index contributed by atoms with van der Waals surface area (Å²) in [5.74, 6) is -1.91. The molecule has 0 bridgehead atoms. The molecule has 1 N–H and O–H groups in total. The molecular weight excluding hydrogens is 407 g/mol. The molecule has 8 heteroatoms. The van der Waals surface area contributed by atoms with Crippen molar-refractivity contribution in [3.8, 4) is 5.75 Å². The third-order valence-corrected chi connectivity index (χ3v) is 5.44. The first-order chi connectivity index (χ1) is 14.5. The van der Waals surface area contributed by atoms with Crippen molar-refractivity contribution in [2.24, 2.45) is 0 Å². The fourth-order valence-electron chi connectivity index (χ4n) is 3.38. The summed E-state index contributed by atoms with van der Waals surface area (Å²) in [7, 11) is 0. The molecule has 4 rings (SSSR count). The van der Waals surface area contributed by atoms with Gasteiger partial charge in [0.15, 0.2) is 5.13 Å².